The largest absolute Gasteiger partial charge is 0.310 e. The van der Waals surface area contributed by atoms with Crippen LogP contribution < -0.4 is 5.32 Å². The number of aromatic nitrogens is 1. The Morgan fingerprint density at radius 1 is 1.41 bits per heavy atom. The van der Waals surface area contributed by atoms with E-state index in [1.54, 1.807) is 0 Å². The molecule has 1 aromatic heterocycles. The average Bonchev–Trinajstić information content (AvgIpc) is 3.19. The summed E-state index contributed by atoms with van der Waals surface area (Å²) in [5, 5.41) is 4.94. The van der Waals surface area contributed by atoms with Crippen molar-refractivity contribution >= 4 is 11.3 Å². The van der Waals surface area contributed by atoms with Gasteiger partial charge in [-0.05, 0) is 25.7 Å². The van der Waals surface area contributed by atoms with Gasteiger partial charge in [-0.1, -0.05) is 20.8 Å². The van der Waals surface area contributed by atoms with Gasteiger partial charge in [-0.3, -0.25) is 0 Å². The molecule has 2 fully saturated rings. The Hall–Kier alpha value is -0.410. The lowest BCUT2D eigenvalue weighted by molar-refractivity contribution is 0.590. The SMILES string of the molecule is CC(C)NCc1sc(C2(C)CC2)nc1C1CC1. The zero-order chi connectivity index (χ0) is 12.0. The van der Waals surface area contributed by atoms with Crippen molar-refractivity contribution in [3.05, 3.63) is 15.6 Å². The first-order valence-electron chi connectivity index (χ1n) is 6.82. The minimum atomic E-state index is 0.435. The maximum absolute atomic E-state index is 4.96. The molecule has 17 heavy (non-hydrogen) atoms. The highest BCUT2D eigenvalue weighted by Crippen LogP contribution is 2.51. The van der Waals surface area contributed by atoms with Crippen molar-refractivity contribution in [2.75, 3.05) is 0 Å². The van der Waals surface area contributed by atoms with Crippen LogP contribution in [0.3, 0.4) is 0 Å². The van der Waals surface area contributed by atoms with Gasteiger partial charge in [0.2, 0.25) is 0 Å². The molecule has 1 aromatic rings. The number of hydrogen-bond acceptors (Lipinski definition) is 3. The molecule has 3 heteroatoms. The van der Waals surface area contributed by atoms with Gasteiger partial charge in [0, 0.05) is 28.8 Å². The molecule has 0 aliphatic heterocycles. The van der Waals surface area contributed by atoms with E-state index in [4.69, 9.17) is 4.98 Å². The number of nitrogens with zero attached hydrogens (tertiary/aromatic N) is 1. The van der Waals surface area contributed by atoms with Crippen molar-refractivity contribution in [3.8, 4) is 0 Å². The maximum atomic E-state index is 4.96. The number of nitrogens with one attached hydrogen (secondary N) is 1. The van der Waals surface area contributed by atoms with Crippen LogP contribution >= 0.6 is 11.3 Å². The molecule has 94 valence electrons. The summed E-state index contributed by atoms with van der Waals surface area (Å²) in [5.41, 5.74) is 1.86. The van der Waals surface area contributed by atoms with E-state index in [1.165, 1.54) is 41.3 Å². The van der Waals surface area contributed by atoms with Crippen molar-refractivity contribution in [1.29, 1.82) is 0 Å². The van der Waals surface area contributed by atoms with E-state index in [9.17, 15) is 0 Å². The second kappa shape index (κ2) is 4.06. The minimum absolute atomic E-state index is 0.435. The van der Waals surface area contributed by atoms with Crippen molar-refractivity contribution in [1.82, 2.24) is 10.3 Å². The Balaban J connectivity index is 1.81. The zero-order valence-corrected chi connectivity index (χ0v) is 11.9. The highest BCUT2D eigenvalue weighted by atomic mass is 32.1. The highest BCUT2D eigenvalue weighted by molar-refractivity contribution is 7.12. The monoisotopic (exact) mass is 250 g/mol. The third kappa shape index (κ3) is 2.41. The molecule has 0 atom stereocenters. The van der Waals surface area contributed by atoms with Gasteiger partial charge in [0.05, 0.1) is 10.7 Å². The standard InChI is InChI=1S/C14H22N2S/c1-9(2)15-8-11-12(10-4-5-10)16-13(17-11)14(3)6-7-14/h9-10,15H,4-8H2,1-3H3. The van der Waals surface area contributed by atoms with Gasteiger partial charge in [-0.15, -0.1) is 11.3 Å². The Kier molecular flexibility index (Phi) is 2.79. The van der Waals surface area contributed by atoms with E-state index in [0.717, 1.165) is 12.5 Å². The molecule has 3 rings (SSSR count). The topological polar surface area (TPSA) is 24.9 Å². The maximum Gasteiger partial charge on any atom is 0.0990 e. The quantitative estimate of drug-likeness (QED) is 0.864. The summed E-state index contributed by atoms with van der Waals surface area (Å²) >= 11 is 1.97. The summed E-state index contributed by atoms with van der Waals surface area (Å²) in [7, 11) is 0. The van der Waals surface area contributed by atoms with Crippen LogP contribution in [0.2, 0.25) is 0 Å². The number of rotatable bonds is 5. The smallest absolute Gasteiger partial charge is 0.0990 e. The van der Waals surface area contributed by atoms with Crippen LogP contribution in [-0.2, 0) is 12.0 Å². The average molecular weight is 250 g/mol. The Labute approximate surface area is 108 Å². The lowest BCUT2D eigenvalue weighted by atomic mass is 10.1. The van der Waals surface area contributed by atoms with Crippen LogP contribution in [0, 0.1) is 0 Å². The first-order valence-corrected chi connectivity index (χ1v) is 7.63. The van der Waals surface area contributed by atoms with Gasteiger partial charge in [0.25, 0.3) is 0 Å². The molecule has 2 aliphatic carbocycles. The molecule has 0 aromatic carbocycles. The Morgan fingerprint density at radius 3 is 2.65 bits per heavy atom. The van der Waals surface area contributed by atoms with Crippen LogP contribution in [-0.4, -0.2) is 11.0 Å². The van der Waals surface area contributed by atoms with Crippen molar-refractivity contribution in [3.63, 3.8) is 0 Å². The van der Waals surface area contributed by atoms with Gasteiger partial charge < -0.3 is 5.32 Å². The predicted octanol–water partition coefficient (Wildman–Crippen LogP) is 3.57. The van der Waals surface area contributed by atoms with Gasteiger partial charge in [-0.25, -0.2) is 4.98 Å². The molecule has 1 N–H and O–H groups in total. The fourth-order valence-corrected chi connectivity index (χ4v) is 3.42. The first-order chi connectivity index (χ1) is 8.08. The third-order valence-corrected chi connectivity index (χ3v) is 5.26. The van der Waals surface area contributed by atoms with E-state index in [0.29, 0.717) is 11.5 Å². The van der Waals surface area contributed by atoms with E-state index < -0.39 is 0 Å². The molecule has 1 heterocycles. The molecule has 2 saturated carbocycles. The fourth-order valence-electron chi connectivity index (χ4n) is 2.12. The zero-order valence-electron chi connectivity index (χ0n) is 11.0. The van der Waals surface area contributed by atoms with Gasteiger partial charge >= 0.3 is 0 Å². The van der Waals surface area contributed by atoms with Crippen LogP contribution in [0.5, 0.6) is 0 Å². The lowest BCUT2D eigenvalue weighted by Crippen LogP contribution is -2.21. The second-order valence-electron chi connectivity index (χ2n) is 6.20. The van der Waals surface area contributed by atoms with E-state index in [2.05, 4.69) is 26.1 Å². The molecular formula is C14H22N2S. The summed E-state index contributed by atoms with van der Waals surface area (Å²) in [4.78, 5) is 6.47. The summed E-state index contributed by atoms with van der Waals surface area (Å²) in [6, 6.07) is 0.559. The Bertz CT molecular complexity index is 414. The molecule has 2 nitrogen and oxygen atoms in total. The summed E-state index contributed by atoms with van der Waals surface area (Å²) in [6.07, 6.45) is 5.38. The molecule has 0 radical (unpaired) electrons. The number of thiazole rings is 1. The fraction of sp³-hybridized carbons (Fsp3) is 0.786. The summed E-state index contributed by atoms with van der Waals surface area (Å²) < 4.78 is 0. The van der Waals surface area contributed by atoms with Gasteiger partial charge in [0.1, 0.15) is 0 Å². The molecule has 0 spiro atoms. The van der Waals surface area contributed by atoms with Gasteiger partial charge in [0.15, 0.2) is 0 Å². The normalized spacial score (nSPS) is 22.1. The summed E-state index contributed by atoms with van der Waals surface area (Å²) in [5.74, 6) is 0.784. The van der Waals surface area contributed by atoms with Crippen LogP contribution in [0.25, 0.3) is 0 Å². The molecule has 0 bridgehead atoms. The third-order valence-electron chi connectivity index (χ3n) is 3.88. The van der Waals surface area contributed by atoms with Crippen molar-refractivity contribution in [2.24, 2.45) is 0 Å². The first kappa shape index (κ1) is 11.7. The van der Waals surface area contributed by atoms with Crippen LogP contribution in [0.1, 0.15) is 68.0 Å². The number of hydrogen-bond donors (Lipinski definition) is 1. The predicted molar refractivity (Wildman–Crippen MR) is 72.7 cm³/mol. The molecular weight excluding hydrogens is 228 g/mol. The van der Waals surface area contributed by atoms with Crippen LogP contribution in [0.4, 0.5) is 0 Å². The second-order valence-corrected chi connectivity index (χ2v) is 7.28. The molecule has 0 amide bonds. The molecule has 2 aliphatic rings. The molecule has 0 saturated heterocycles. The van der Waals surface area contributed by atoms with E-state index in [1.807, 2.05) is 11.3 Å². The van der Waals surface area contributed by atoms with Gasteiger partial charge in [-0.2, -0.15) is 0 Å². The molecule has 0 unspecified atom stereocenters. The van der Waals surface area contributed by atoms with Crippen molar-refractivity contribution in [2.45, 2.75) is 70.4 Å². The van der Waals surface area contributed by atoms with Crippen molar-refractivity contribution < 1.29 is 0 Å². The highest BCUT2D eigenvalue weighted by Gasteiger charge is 2.43. The van der Waals surface area contributed by atoms with Crippen LogP contribution in [0.15, 0.2) is 0 Å². The van der Waals surface area contributed by atoms with E-state index >= 15 is 0 Å². The minimum Gasteiger partial charge on any atom is -0.310 e. The Morgan fingerprint density at radius 2 is 2.12 bits per heavy atom. The summed E-state index contributed by atoms with van der Waals surface area (Å²) in [6.45, 7) is 7.79. The lowest BCUT2D eigenvalue weighted by Gasteiger charge is -2.07. The van der Waals surface area contributed by atoms with E-state index in [-0.39, 0.29) is 0 Å².